The summed E-state index contributed by atoms with van der Waals surface area (Å²) in [6, 6.07) is 2.31. The van der Waals surface area contributed by atoms with Crippen LogP contribution in [0, 0.1) is 0 Å². The highest BCUT2D eigenvalue weighted by Crippen LogP contribution is 1.83. The molecular weight excluding hydrogens is 152 g/mol. The van der Waals surface area contributed by atoms with Gasteiger partial charge >= 0.3 is 0 Å². The second kappa shape index (κ2) is 4.90. The summed E-state index contributed by atoms with van der Waals surface area (Å²) in [7, 11) is 0. The molecule has 0 aliphatic carbocycles. The lowest BCUT2D eigenvalue weighted by Crippen LogP contribution is -2.35. The van der Waals surface area contributed by atoms with Gasteiger partial charge in [-0.05, 0) is 13.0 Å². The molecule has 1 heterocycles. The molecule has 0 bridgehead atoms. The highest BCUT2D eigenvalue weighted by molar-refractivity contribution is 4.77. The Balaban J connectivity index is 2.11. The fraction of sp³-hybridized carbons (Fsp3) is 0.625. The topological polar surface area (TPSA) is 55.9 Å². The fourth-order valence-electron chi connectivity index (χ4n) is 0.942. The summed E-state index contributed by atoms with van der Waals surface area (Å²) in [6.07, 6.45) is 3.74. The third-order valence-electron chi connectivity index (χ3n) is 1.75. The summed E-state index contributed by atoms with van der Waals surface area (Å²) < 4.78 is 1.90. The van der Waals surface area contributed by atoms with Crippen molar-refractivity contribution in [2.24, 2.45) is 5.73 Å². The van der Waals surface area contributed by atoms with E-state index in [0.717, 1.165) is 13.1 Å². The van der Waals surface area contributed by atoms with Crippen LogP contribution in [-0.4, -0.2) is 28.9 Å². The van der Waals surface area contributed by atoms with Gasteiger partial charge in [0.25, 0.3) is 0 Å². The summed E-state index contributed by atoms with van der Waals surface area (Å²) in [5.74, 6) is 0. The third kappa shape index (κ3) is 3.02. The zero-order valence-electron chi connectivity index (χ0n) is 7.40. The van der Waals surface area contributed by atoms with E-state index in [1.165, 1.54) is 0 Å². The van der Waals surface area contributed by atoms with Crippen LogP contribution in [0.5, 0.6) is 0 Å². The summed E-state index contributed by atoms with van der Waals surface area (Å²) in [4.78, 5) is 0. The Morgan fingerprint density at radius 1 is 1.67 bits per heavy atom. The van der Waals surface area contributed by atoms with E-state index >= 15 is 0 Å². The SMILES string of the molecule is C[C@H](CN)NCCn1cccn1. The minimum Gasteiger partial charge on any atom is -0.329 e. The second-order valence-electron chi connectivity index (χ2n) is 2.86. The number of nitrogens with zero attached hydrogens (tertiary/aromatic N) is 2. The van der Waals surface area contributed by atoms with Crippen LogP contribution in [0.2, 0.25) is 0 Å². The first-order chi connectivity index (χ1) is 5.83. The van der Waals surface area contributed by atoms with Gasteiger partial charge < -0.3 is 11.1 Å². The summed E-state index contributed by atoms with van der Waals surface area (Å²) in [5.41, 5.74) is 5.45. The maximum Gasteiger partial charge on any atom is 0.0534 e. The molecule has 4 heteroatoms. The lowest BCUT2D eigenvalue weighted by molar-refractivity contribution is 0.500. The van der Waals surface area contributed by atoms with Gasteiger partial charge in [0.15, 0.2) is 0 Å². The molecule has 0 saturated heterocycles. The smallest absolute Gasteiger partial charge is 0.0534 e. The number of rotatable bonds is 5. The molecule has 1 aromatic heterocycles. The van der Waals surface area contributed by atoms with Crippen LogP contribution in [-0.2, 0) is 6.54 Å². The van der Waals surface area contributed by atoms with Crippen molar-refractivity contribution in [1.82, 2.24) is 15.1 Å². The zero-order valence-corrected chi connectivity index (χ0v) is 7.40. The Bertz CT molecular complexity index is 195. The molecule has 1 atom stereocenters. The van der Waals surface area contributed by atoms with Gasteiger partial charge in [-0.25, -0.2) is 0 Å². The van der Waals surface area contributed by atoms with Gasteiger partial charge in [-0.2, -0.15) is 5.10 Å². The van der Waals surface area contributed by atoms with Crippen molar-refractivity contribution in [3.63, 3.8) is 0 Å². The minimum absolute atomic E-state index is 0.389. The van der Waals surface area contributed by atoms with Crippen LogP contribution in [0.3, 0.4) is 0 Å². The third-order valence-corrected chi connectivity index (χ3v) is 1.75. The Hall–Kier alpha value is -0.870. The molecule has 0 amide bonds. The normalized spacial score (nSPS) is 13.2. The molecule has 0 fully saturated rings. The Kier molecular flexibility index (Phi) is 3.76. The predicted molar refractivity (Wildman–Crippen MR) is 48.7 cm³/mol. The number of nitrogens with one attached hydrogen (secondary N) is 1. The van der Waals surface area contributed by atoms with Crippen molar-refractivity contribution in [1.29, 1.82) is 0 Å². The molecule has 68 valence electrons. The van der Waals surface area contributed by atoms with Crippen molar-refractivity contribution >= 4 is 0 Å². The summed E-state index contributed by atoms with van der Waals surface area (Å²) in [5, 5.41) is 7.37. The van der Waals surface area contributed by atoms with Crippen LogP contribution < -0.4 is 11.1 Å². The monoisotopic (exact) mass is 168 g/mol. The van der Waals surface area contributed by atoms with E-state index in [-0.39, 0.29) is 0 Å². The molecule has 0 unspecified atom stereocenters. The van der Waals surface area contributed by atoms with Gasteiger partial charge in [-0.3, -0.25) is 4.68 Å². The minimum atomic E-state index is 0.389. The first-order valence-electron chi connectivity index (χ1n) is 4.24. The summed E-state index contributed by atoms with van der Waals surface area (Å²) >= 11 is 0. The quantitative estimate of drug-likeness (QED) is 0.641. The van der Waals surface area contributed by atoms with E-state index in [1.54, 1.807) is 6.20 Å². The van der Waals surface area contributed by atoms with E-state index in [4.69, 9.17) is 5.73 Å². The van der Waals surface area contributed by atoms with Gasteiger partial charge in [-0.1, -0.05) is 0 Å². The van der Waals surface area contributed by atoms with Crippen LogP contribution >= 0.6 is 0 Å². The first kappa shape index (κ1) is 9.22. The van der Waals surface area contributed by atoms with Crippen molar-refractivity contribution in [2.75, 3.05) is 13.1 Å². The largest absolute Gasteiger partial charge is 0.329 e. The average molecular weight is 168 g/mol. The Labute approximate surface area is 72.8 Å². The molecule has 1 aromatic rings. The van der Waals surface area contributed by atoms with Gasteiger partial charge in [0.1, 0.15) is 0 Å². The average Bonchev–Trinajstić information content (AvgIpc) is 2.57. The maximum atomic E-state index is 5.45. The van der Waals surface area contributed by atoms with Crippen LogP contribution in [0.25, 0.3) is 0 Å². The first-order valence-corrected chi connectivity index (χ1v) is 4.24. The van der Waals surface area contributed by atoms with Crippen LogP contribution in [0.1, 0.15) is 6.92 Å². The van der Waals surface area contributed by atoms with Crippen molar-refractivity contribution < 1.29 is 0 Å². The molecule has 0 radical (unpaired) electrons. The maximum absolute atomic E-state index is 5.45. The van der Waals surface area contributed by atoms with Crippen molar-refractivity contribution in [2.45, 2.75) is 19.5 Å². The number of hydrogen-bond acceptors (Lipinski definition) is 3. The lowest BCUT2D eigenvalue weighted by atomic mass is 10.3. The predicted octanol–water partition coefficient (Wildman–Crippen LogP) is -0.180. The molecule has 0 aliphatic rings. The van der Waals surface area contributed by atoms with E-state index in [1.807, 2.05) is 16.9 Å². The number of hydrogen-bond donors (Lipinski definition) is 2. The van der Waals surface area contributed by atoms with Gasteiger partial charge in [0.05, 0.1) is 6.54 Å². The molecular formula is C8H16N4. The van der Waals surface area contributed by atoms with Crippen LogP contribution in [0.15, 0.2) is 18.5 Å². The Morgan fingerprint density at radius 2 is 2.50 bits per heavy atom. The molecule has 4 nitrogen and oxygen atoms in total. The molecule has 0 aromatic carbocycles. The van der Waals surface area contributed by atoms with Gasteiger partial charge in [0, 0.05) is 31.5 Å². The van der Waals surface area contributed by atoms with E-state index in [2.05, 4.69) is 17.3 Å². The standard InChI is InChI=1S/C8H16N4/c1-8(7-9)10-4-6-12-5-2-3-11-12/h2-3,5,8,10H,4,6-7,9H2,1H3/t8-/m1/s1. The zero-order chi connectivity index (χ0) is 8.81. The van der Waals surface area contributed by atoms with Gasteiger partial charge in [-0.15, -0.1) is 0 Å². The van der Waals surface area contributed by atoms with Gasteiger partial charge in [0.2, 0.25) is 0 Å². The number of nitrogens with two attached hydrogens (primary N) is 1. The molecule has 0 aliphatic heterocycles. The molecule has 3 N–H and O–H groups in total. The van der Waals surface area contributed by atoms with E-state index in [9.17, 15) is 0 Å². The Morgan fingerprint density at radius 3 is 3.08 bits per heavy atom. The fourth-order valence-corrected chi connectivity index (χ4v) is 0.942. The number of aromatic nitrogens is 2. The summed E-state index contributed by atoms with van der Waals surface area (Å²) in [6.45, 7) is 4.57. The molecule has 0 spiro atoms. The van der Waals surface area contributed by atoms with E-state index in [0.29, 0.717) is 12.6 Å². The molecule has 12 heavy (non-hydrogen) atoms. The van der Waals surface area contributed by atoms with E-state index < -0.39 is 0 Å². The lowest BCUT2D eigenvalue weighted by Gasteiger charge is -2.10. The highest BCUT2D eigenvalue weighted by Gasteiger charge is 1.96. The molecule has 1 rings (SSSR count). The van der Waals surface area contributed by atoms with Crippen molar-refractivity contribution in [3.05, 3.63) is 18.5 Å². The molecule has 0 saturated carbocycles. The van der Waals surface area contributed by atoms with Crippen molar-refractivity contribution in [3.8, 4) is 0 Å². The van der Waals surface area contributed by atoms with Crippen LogP contribution in [0.4, 0.5) is 0 Å². The second-order valence-corrected chi connectivity index (χ2v) is 2.86. The highest BCUT2D eigenvalue weighted by atomic mass is 15.3.